The van der Waals surface area contributed by atoms with Gasteiger partial charge in [-0.05, 0) is 36.5 Å². The van der Waals surface area contributed by atoms with Crippen molar-refractivity contribution in [2.24, 2.45) is 5.92 Å². The Morgan fingerprint density at radius 2 is 1.88 bits per heavy atom. The fourth-order valence-corrected chi connectivity index (χ4v) is 2.05. The minimum absolute atomic E-state index is 0.336. The second kappa shape index (κ2) is 3.98. The van der Waals surface area contributed by atoms with Crippen molar-refractivity contribution < 1.29 is 14.6 Å². The Morgan fingerprint density at radius 1 is 1.12 bits per heavy atom. The fraction of sp³-hybridized carbons (Fsp3) is 0.538. The fourth-order valence-electron chi connectivity index (χ4n) is 2.05. The topological polar surface area (TPSA) is 38.7 Å². The van der Waals surface area contributed by atoms with Crippen molar-refractivity contribution in [3.05, 3.63) is 23.8 Å². The van der Waals surface area contributed by atoms with E-state index in [1.807, 2.05) is 18.2 Å². The number of fused-ring (bicyclic) bond motifs is 1. The molecule has 1 fully saturated rings. The molecular formula is C13H16O3. The van der Waals surface area contributed by atoms with Crippen molar-refractivity contribution in [2.75, 3.05) is 13.2 Å². The van der Waals surface area contributed by atoms with Crippen LogP contribution in [0, 0.1) is 5.92 Å². The summed E-state index contributed by atoms with van der Waals surface area (Å²) in [6, 6.07) is 5.77. The first-order valence-corrected chi connectivity index (χ1v) is 5.92. The van der Waals surface area contributed by atoms with Crippen molar-refractivity contribution >= 4 is 0 Å². The third kappa shape index (κ3) is 1.87. The van der Waals surface area contributed by atoms with Gasteiger partial charge in [0.25, 0.3) is 0 Å². The van der Waals surface area contributed by atoms with Crippen LogP contribution in [0.3, 0.4) is 0 Å². The summed E-state index contributed by atoms with van der Waals surface area (Å²) in [5.41, 5.74) is 0.951. The van der Waals surface area contributed by atoms with Gasteiger partial charge in [0, 0.05) is 6.42 Å². The van der Waals surface area contributed by atoms with Crippen LogP contribution in [-0.4, -0.2) is 18.3 Å². The Kier molecular flexibility index (Phi) is 2.48. The normalized spacial score (nSPS) is 21.3. The molecule has 1 N–H and O–H groups in total. The Bertz CT molecular complexity index is 385. The van der Waals surface area contributed by atoms with Crippen molar-refractivity contribution in [1.82, 2.24) is 0 Å². The smallest absolute Gasteiger partial charge is 0.161 e. The van der Waals surface area contributed by atoms with Crippen molar-refractivity contribution in [3.63, 3.8) is 0 Å². The lowest BCUT2D eigenvalue weighted by Crippen LogP contribution is -2.00. The van der Waals surface area contributed by atoms with Crippen molar-refractivity contribution in [2.45, 2.75) is 25.4 Å². The summed E-state index contributed by atoms with van der Waals surface area (Å²) in [6.45, 7) is 1.40. The van der Waals surface area contributed by atoms with E-state index in [1.54, 1.807) is 0 Å². The molecular weight excluding hydrogens is 204 g/mol. The molecule has 0 spiro atoms. The van der Waals surface area contributed by atoms with Gasteiger partial charge in [0.1, 0.15) is 0 Å². The Labute approximate surface area is 95.0 Å². The van der Waals surface area contributed by atoms with Crippen LogP contribution in [0.2, 0.25) is 0 Å². The predicted molar refractivity (Wildman–Crippen MR) is 59.7 cm³/mol. The first-order valence-electron chi connectivity index (χ1n) is 5.92. The predicted octanol–water partition coefficient (Wildman–Crippen LogP) is 2.29. The molecule has 86 valence electrons. The minimum Gasteiger partial charge on any atom is -0.490 e. The molecule has 1 aliphatic heterocycles. The lowest BCUT2D eigenvalue weighted by atomic mass is 10.1. The summed E-state index contributed by atoms with van der Waals surface area (Å²) in [6.07, 6.45) is 2.84. The van der Waals surface area contributed by atoms with Crippen LogP contribution < -0.4 is 9.47 Å². The maximum atomic E-state index is 10.0. The van der Waals surface area contributed by atoms with Gasteiger partial charge in [-0.2, -0.15) is 0 Å². The van der Waals surface area contributed by atoms with Crippen LogP contribution >= 0.6 is 0 Å². The Hall–Kier alpha value is -1.22. The number of ether oxygens (including phenoxy) is 2. The monoisotopic (exact) mass is 220 g/mol. The van der Waals surface area contributed by atoms with Crippen LogP contribution in [0.15, 0.2) is 18.2 Å². The molecule has 2 aliphatic rings. The second-order valence-electron chi connectivity index (χ2n) is 4.54. The second-order valence-corrected chi connectivity index (χ2v) is 4.54. The van der Waals surface area contributed by atoms with Gasteiger partial charge in [0.15, 0.2) is 11.5 Å². The van der Waals surface area contributed by atoms with E-state index in [1.165, 1.54) is 0 Å². The van der Waals surface area contributed by atoms with E-state index in [9.17, 15) is 5.11 Å². The van der Waals surface area contributed by atoms with Gasteiger partial charge in [-0.1, -0.05) is 6.07 Å². The molecule has 0 aromatic heterocycles. The summed E-state index contributed by atoms with van der Waals surface area (Å²) in [5.74, 6) is 2.02. The van der Waals surface area contributed by atoms with E-state index in [-0.39, 0.29) is 6.10 Å². The highest BCUT2D eigenvalue weighted by molar-refractivity contribution is 5.44. The quantitative estimate of drug-likeness (QED) is 0.831. The standard InChI is InChI=1S/C13H16O3/c14-13(9-2-3-9)10-4-5-11-12(8-10)16-7-1-6-15-11/h4-5,8-9,13-14H,1-3,6-7H2. The summed E-state index contributed by atoms with van der Waals surface area (Å²) in [4.78, 5) is 0. The molecule has 3 nitrogen and oxygen atoms in total. The van der Waals surface area contributed by atoms with E-state index in [2.05, 4.69) is 0 Å². The average molecular weight is 220 g/mol. The molecule has 1 unspecified atom stereocenters. The first-order chi connectivity index (χ1) is 7.84. The SMILES string of the molecule is OC(c1ccc2c(c1)OCCCO2)C1CC1. The Morgan fingerprint density at radius 3 is 2.62 bits per heavy atom. The highest BCUT2D eigenvalue weighted by atomic mass is 16.5. The molecule has 0 saturated heterocycles. The van der Waals surface area contributed by atoms with E-state index in [0.29, 0.717) is 19.1 Å². The van der Waals surface area contributed by atoms with Crippen LogP contribution in [0.5, 0.6) is 11.5 Å². The molecule has 1 aromatic carbocycles. The summed E-state index contributed by atoms with van der Waals surface area (Å²) in [7, 11) is 0. The molecule has 1 aromatic rings. The van der Waals surface area contributed by atoms with Crippen LogP contribution in [-0.2, 0) is 0 Å². The number of aliphatic hydroxyl groups excluding tert-OH is 1. The third-order valence-corrected chi connectivity index (χ3v) is 3.18. The van der Waals surface area contributed by atoms with E-state index in [0.717, 1.165) is 36.3 Å². The highest BCUT2D eigenvalue weighted by Crippen LogP contribution is 2.42. The lowest BCUT2D eigenvalue weighted by Gasteiger charge is -2.13. The van der Waals surface area contributed by atoms with Crippen LogP contribution in [0.1, 0.15) is 30.9 Å². The molecule has 16 heavy (non-hydrogen) atoms. The summed E-state index contributed by atoms with van der Waals surface area (Å²) >= 11 is 0. The zero-order chi connectivity index (χ0) is 11.0. The largest absolute Gasteiger partial charge is 0.490 e. The first kappa shape index (κ1) is 9.97. The van der Waals surface area contributed by atoms with E-state index >= 15 is 0 Å². The maximum Gasteiger partial charge on any atom is 0.161 e. The number of hydrogen-bond acceptors (Lipinski definition) is 3. The molecule has 3 rings (SSSR count). The lowest BCUT2D eigenvalue weighted by molar-refractivity contribution is 0.153. The number of rotatable bonds is 2. The van der Waals surface area contributed by atoms with Gasteiger partial charge in [0.05, 0.1) is 19.3 Å². The zero-order valence-corrected chi connectivity index (χ0v) is 9.19. The summed E-state index contributed by atoms with van der Waals surface area (Å²) < 4.78 is 11.2. The molecule has 0 radical (unpaired) electrons. The Balaban J connectivity index is 1.87. The molecule has 0 bridgehead atoms. The molecule has 0 amide bonds. The average Bonchev–Trinajstić information content (AvgIpc) is 3.14. The van der Waals surface area contributed by atoms with Gasteiger partial charge in [-0.25, -0.2) is 0 Å². The van der Waals surface area contributed by atoms with Gasteiger partial charge in [-0.15, -0.1) is 0 Å². The van der Waals surface area contributed by atoms with Crippen molar-refractivity contribution in [3.8, 4) is 11.5 Å². The van der Waals surface area contributed by atoms with Gasteiger partial charge >= 0.3 is 0 Å². The number of hydrogen-bond donors (Lipinski definition) is 1. The van der Waals surface area contributed by atoms with E-state index in [4.69, 9.17) is 9.47 Å². The van der Waals surface area contributed by atoms with Crippen LogP contribution in [0.25, 0.3) is 0 Å². The van der Waals surface area contributed by atoms with Gasteiger partial charge < -0.3 is 14.6 Å². The van der Waals surface area contributed by atoms with Crippen LogP contribution in [0.4, 0.5) is 0 Å². The van der Waals surface area contributed by atoms with Gasteiger partial charge in [0.2, 0.25) is 0 Å². The molecule has 1 atom stereocenters. The molecule has 1 heterocycles. The number of benzene rings is 1. The van der Waals surface area contributed by atoms with Gasteiger partial charge in [-0.3, -0.25) is 0 Å². The maximum absolute atomic E-state index is 10.0. The molecule has 1 saturated carbocycles. The minimum atomic E-state index is -0.336. The zero-order valence-electron chi connectivity index (χ0n) is 9.19. The highest BCUT2D eigenvalue weighted by Gasteiger charge is 2.31. The van der Waals surface area contributed by atoms with E-state index < -0.39 is 0 Å². The summed E-state index contributed by atoms with van der Waals surface area (Å²) in [5, 5.41) is 10.0. The molecule has 1 aliphatic carbocycles. The molecule has 3 heteroatoms. The number of aliphatic hydroxyl groups is 1. The van der Waals surface area contributed by atoms with Crippen molar-refractivity contribution in [1.29, 1.82) is 0 Å². The third-order valence-electron chi connectivity index (χ3n) is 3.18.